The van der Waals surface area contributed by atoms with Gasteiger partial charge in [-0.2, -0.15) is 0 Å². The minimum atomic E-state index is -0.321. The van der Waals surface area contributed by atoms with E-state index in [0.29, 0.717) is 25.2 Å². The maximum Gasteiger partial charge on any atom is 0.225 e. The molecule has 6 heteroatoms. The van der Waals surface area contributed by atoms with Crippen LogP contribution in [0.3, 0.4) is 0 Å². The van der Waals surface area contributed by atoms with Crippen LogP contribution in [0.4, 0.5) is 5.69 Å². The Balaban J connectivity index is 1.46. The molecule has 0 aliphatic carbocycles. The lowest BCUT2D eigenvalue weighted by molar-refractivity contribution is -0.139. The van der Waals surface area contributed by atoms with E-state index in [2.05, 4.69) is 30.2 Å². The molecule has 1 aromatic carbocycles. The third-order valence-electron chi connectivity index (χ3n) is 7.00. The van der Waals surface area contributed by atoms with Crippen molar-refractivity contribution in [2.24, 2.45) is 5.92 Å². The maximum atomic E-state index is 12.8. The van der Waals surface area contributed by atoms with Gasteiger partial charge in [0, 0.05) is 50.4 Å². The van der Waals surface area contributed by atoms with Gasteiger partial charge in [0.2, 0.25) is 11.8 Å². The highest BCUT2D eigenvalue weighted by atomic mass is 16.5. The summed E-state index contributed by atoms with van der Waals surface area (Å²) in [6.07, 6.45) is 7.90. The Morgan fingerprint density at radius 3 is 2.59 bits per heavy atom. The average molecular weight is 436 g/mol. The van der Waals surface area contributed by atoms with E-state index in [1.807, 2.05) is 35.2 Å². The third-order valence-corrected chi connectivity index (χ3v) is 7.00. The number of carbonyl (C=O) groups is 2. The molecule has 6 nitrogen and oxygen atoms in total. The van der Waals surface area contributed by atoms with Crippen LogP contribution < -0.4 is 10.1 Å². The van der Waals surface area contributed by atoms with Gasteiger partial charge < -0.3 is 15.0 Å². The Kier molecular flexibility index (Phi) is 6.77. The van der Waals surface area contributed by atoms with Crippen LogP contribution in [0.15, 0.2) is 48.8 Å². The summed E-state index contributed by atoms with van der Waals surface area (Å²) < 4.78 is 6.55. The standard InChI is InChI=1S/C26H33N3O3/c1-3-19(4-2)25(31)29-14-11-26(12-15-29)17-20(22-9-5-6-10-23(22)32-26)16-24(30)28-21-8-7-13-27-18-21/h5-10,13,18-20H,3-4,11-12,14-17H2,1-2H3,(H,28,30)/t20-/m0/s1. The molecule has 3 heterocycles. The van der Waals surface area contributed by atoms with E-state index in [4.69, 9.17) is 4.74 Å². The summed E-state index contributed by atoms with van der Waals surface area (Å²) in [5.41, 5.74) is 1.48. The summed E-state index contributed by atoms with van der Waals surface area (Å²) in [4.78, 5) is 31.7. The van der Waals surface area contributed by atoms with Crippen LogP contribution in [-0.2, 0) is 9.59 Å². The third kappa shape index (κ3) is 4.79. The summed E-state index contributed by atoms with van der Waals surface area (Å²) >= 11 is 0. The molecule has 1 aromatic heterocycles. The number of ether oxygens (including phenoxy) is 1. The Morgan fingerprint density at radius 2 is 1.91 bits per heavy atom. The van der Waals surface area contributed by atoms with Crippen molar-refractivity contribution in [2.75, 3.05) is 18.4 Å². The van der Waals surface area contributed by atoms with Crippen molar-refractivity contribution in [1.82, 2.24) is 9.88 Å². The SMILES string of the molecule is CCC(CC)C(=O)N1CCC2(CC1)C[C@H](CC(=O)Nc1cccnc1)c1ccccc1O2. The molecule has 2 aliphatic rings. The number of fused-ring (bicyclic) bond motifs is 1. The maximum absolute atomic E-state index is 12.8. The van der Waals surface area contributed by atoms with Crippen molar-refractivity contribution in [3.05, 3.63) is 54.4 Å². The first-order valence-electron chi connectivity index (χ1n) is 11.8. The molecule has 2 amide bonds. The lowest BCUT2D eigenvalue weighted by Gasteiger charge is -2.47. The molecule has 4 rings (SSSR count). The minimum absolute atomic E-state index is 0.0174. The summed E-state index contributed by atoms with van der Waals surface area (Å²) in [5, 5.41) is 2.96. The molecule has 32 heavy (non-hydrogen) atoms. The Morgan fingerprint density at radius 1 is 1.16 bits per heavy atom. The van der Waals surface area contributed by atoms with Gasteiger partial charge in [-0.25, -0.2) is 0 Å². The summed E-state index contributed by atoms with van der Waals surface area (Å²) in [6, 6.07) is 11.7. The fourth-order valence-electron chi connectivity index (χ4n) is 5.14. The van der Waals surface area contributed by atoms with Gasteiger partial charge in [0.15, 0.2) is 0 Å². The number of hydrogen-bond acceptors (Lipinski definition) is 4. The molecule has 1 saturated heterocycles. The van der Waals surface area contributed by atoms with E-state index >= 15 is 0 Å². The zero-order chi connectivity index (χ0) is 22.6. The fourth-order valence-corrected chi connectivity index (χ4v) is 5.14. The molecule has 1 N–H and O–H groups in total. The number of carbonyl (C=O) groups excluding carboxylic acids is 2. The summed E-state index contributed by atoms with van der Waals surface area (Å²) in [5.74, 6) is 1.32. The number of anilines is 1. The zero-order valence-electron chi connectivity index (χ0n) is 19.0. The zero-order valence-corrected chi connectivity index (χ0v) is 19.0. The van der Waals surface area contributed by atoms with Crippen LogP contribution in [0.1, 0.15) is 63.9 Å². The van der Waals surface area contributed by atoms with Crippen molar-refractivity contribution in [3.8, 4) is 5.75 Å². The van der Waals surface area contributed by atoms with Gasteiger partial charge in [-0.1, -0.05) is 32.0 Å². The van der Waals surface area contributed by atoms with Gasteiger partial charge in [-0.3, -0.25) is 14.6 Å². The van der Waals surface area contributed by atoms with Crippen LogP contribution in [0.2, 0.25) is 0 Å². The van der Waals surface area contributed by atoms with E-state index in [1.54, 1.807) is 12.4 Å². The average Bonchev–Trinajstić information content (AvgIpc) is 2.81. The molecule has 0 unspecified atom stereocenters. The largest absolute Gasteiger partial charge is 0.487 e. The number of nitrogens with zero attached hydrogens (tertiary/aromatic N) is 2. The van der Waals surface area contributed by atoms with Crippen molar-refractivity contribution >= 4 is 17.5 Å². The van der Waals surface area contributed by atoms with Crippen molar-refractivity contribution in [3.63, 3.8) is 0 Å². The highest BCUT2D eigenvalue weighted by Gasteiger charge is 2.44. The first kappa shape index (κ1) is 22.3. The predicted molar refractivity (Wildman–Crippen MR) is 125 cm³/mol. The number of hydrogen-bond donors (Lipinski definition) is 1. The number of likely N-dealkylation sites (tertiary alicyclic amines) is 1. The molecular formula is C26H33N3O3. The smallest absolute Gasteiger partial charge is 0.225 e. The van der Waals surface area contributed by atoms with Crippen molar-refractivity contribution in [2.45, 2.75) is 63.9 Å². The lowest BCUT2D eigenvalue weighted by atomic mass is 9.76. The second-order valence-electron chi connectivity index (χ2n) is 9.06. The van der Waals surface area contributed by atoms with Crippen molar-refractivity contribution in [1.29, 1.82) is 0 Å². The Labute approximate surface area is 190 Å². The minimum Gasteiger partial charge on any atom is -0.487 e. The van der Waals surface area contributed by atoms with Gasteiger partial charge in [0.25, 0.3) is 0 Å². The molecule has 1 atom stereocenters. The van der Waals surface area contributed by atoms with E-state index < -0.39 is 0 Å². The first-order chi connectivity index (χ1) is 15.5. The highest BCUT2D eigenvalue weighted by Crippen LogP contribution is 2.46. The number of pyridine rings is 1. The van der Waals surface area contributed by atoms with Gasteiger partial charge >= 0.3 is 0 Å². The van der Waals surface area contributed by atoms with E-state index in [1.165, 1.54) is 0 Å². The van der Waals surface area contributed by atoms with Gasteiger partial charge in [0.05, 0.1) is 11.9 Å². The van der Waals surface area contributed by atoms with E-state index in [0.717, 1.165) is 43.4 Å². The van der Waals surface area contributed by atoms with E-state index in [9.17, 15) is 9.59 Å². The van der Waals surface area contributed by atoms with Gasteiger partial charge in [-0.05, 0) is 43.0 Å². The quantitative estimate of drug-likeness (QED) is 0.709. The molecule has 1 fully saturated rings. The normalized spacial score (nSPS) is 19.3. The number of amides is 2. The number of piperidine rings is 1. The van der Waals surface area contributed by atoms with Crippen LogP contribution in [-0.4, -0.2) is 40.4 Å². The van der Waals surface area contributed by atoms with Crippen LogP contribution in [0.5, 0.6) is 5.75 Å². The Hall–Kier alpha value is -2.89. The van der Waals surface area contributed by atoms with Gasteiger partial charge in [-0.15, -0.1) is 0 Å². The molecule has 170 valence electrons. The number of benzene rings is 1. The predicted octanol–water partition coefficient (Wildman–Crippen LogP) is 4.77. The Bertz CT molecular complexity index is 934. The molecule has 0 saturated carbocycles. The molecular weight excluding hydrogens is 402 g/mol. The first-order valence-corrected chi connectivity index (χ1v) is 11.8. The molecule has 2 aliphatic heterocycles. The second-order valence-corrected chi connectivity index (χ2v) is 9.06. The molecule has 2 aromatic rings. The number of para-hydroxylation sites is 1. The lowest BCUT2D eigenvalue weighted by Crippen LogP contribution is -2.52. The number of rotatable bonds is 6. The number of nitrogens with one attached hydrogen (secondary N) is 1. The number of aromatic nitrogens is 1. The van der Waals surface area contributed by atoms with Crippen LogP contribution >= 0.6 is 0 Å². The molecule has 1 spiro atoms. The van der Waals surface area contributed by atoms with Crippen LogP contribution in [0, 0.1) is 5.92 Å². The second kappa shape index (κ2) is 9.72. The van der Waals surface area contributed by atoms with Crippen LogP contribution in [0.25, 0.3) is 0 Å². The molecule has 0 bridgehead atoms. The fraction of sp³-hybridized carbons (Fsp3) is 0.500. The van der Waals surface area contributed by atoms with Crippen molar-refractivity contribution < 1.29 is 14.3 Å². The summed E-state index contributed by atoms with van der Waals surface area (Å²) in [7, 11) is 0. The van der Waals surface area contributed by atoms with E-state index in [-0.39, 0.29) is 29.3 Å². The monoisotopic (exact) mass is 435 g/mol. The highest BCUT2D eigenvalue weighted by molar-refractivity contribution is 5.91. The molecule has 0 radical (unpaired) electrons. The van der Waals surface area contributed by atoms with Gasteiger partial charge in [0.1, 0.15) is 11.4 Å². The topological polar surface area (TPSA) is 71.5 Å². The summed E-state index contributed by atoms with van der Waals surface area (Å²) in [6.45, 7) is 5.60.